The summed E-state index contributed by atoms with van der Waals surface area (Å²) in [5, 5.41) is 11.6. The smallest absolute Gasteiger partial charge is 0.126 e. The van der Waals surface area contributed by atoms with E-state index in [9.17, 15) is 4.39 Å². The summed E-state index contributed by atoms with van der Waals surface area (Å²) in [4.78, 5) is 0. The van der Waals surface area contributed by atoms with Crippen LogP contribution in [0, 0.1) is 17.1 Å². The molecule has 14 heavy (non-hydrogen) atoms. The molecule has 0 spiro atoms. The molecule has 0 aliphatic heterocycles. The molecule has 0 atom stereocenters. The maximum Gasteiger partial charge on any atom is 0.126 e. The van der Waals surface area contributed by atoms with Gasteiger partial charge in [0.05, 0.1) is 11.6 Å². The Balaban J connectivity index is 2.68. The normalized spacial score (nSPS) is 9.50. The fourth-order valence-electron chi connectivity index (χ4n) is 1.09. The highest BCUT2D eigenvalue weighted by Gasteiger charge is 1.99. The molecule has 0 unspecified atom stereocenters. The van der Waals surface area contributed by atoms with E-state index in [1.807, 2.05) is 6.07 Å². The van der Waals surface area contributed by atoms with Gasteiger partial charge in [-0.15, -0.1) is 0 Å². The lowest BCUT2D eigenvalue weighted by Crippen LogP contribution is -2.08. The highest BCUT2D eigenvalue weighted by molar-refractivity contribution is 5.49. The van der Waals surface area contributed by atoms with E-state index in [0.717, 1.165) is 6.42 Å². The first kappa shape index (κ1) is 10.5. The second kappa shape index (κ2) is 5.20. The fraction of sp³-hybridized carbons (Fsp3) is 0.300. The van der Waals surface area contributed by atoms with Gasteiger partial charge in [0, 0.05) is 12.2 Å². The van der Waals surface area contributed by atoms with E-state index in [2.05, 4.69) is 5.32 Å². The fourth-order valence-corrected chi connectivity index (χ4v) is 1.09. The molecule has 0 aliphatic rings. The predicted octanol–water partition coefficient (Wildman–Crippen LogP) is 1.46. The molecule has 1 aromatic rings. The minimum absolute atomic E-state index is 0.320. The topological polar surface area (TPSA) is 61.8 Å². The van der Waals surface area contributed by atoms with Crippen LogP contribution in [0.3, 0.4) is 0 Å². The van der Waals surface area contributed by atoms with Gasteiger partial charge in [-0.2, -0.15) is 5.26 Å². The maximum atomic E-state index is 12.9. The second-order valence-corrected chi connectivity index (χ2v) is 2.91. The van der Waals surface area contributed by atoms with Crippen molar-refractivity contribution in [3.63, 3.8) is 0 Å². The molecule has 0 radical (unpaired) electrons. The summed E-state index contributed by atoms with van der Waals surface area (Å²) in [5.74, 6) is -0.403. The minimum atomic E-state index is -0.403. The Hall–Kier alpha value is -1.60. The molecule has 0 fully saturated rings. The van der Waals surface area contributed by atoms with Crippen molar-refractivity contribution < 1.29 is 4.39 Å². The zero-order chi connectivity index (χ0) is 10.4. The SMILES string of the molecule is N#Cc1cc(F)cc(NCCCN)c1. The third-order valence-electron chi connectivity index (χ3n) is 1.74. The summed E-state index contributed by atoms with van der Waals surface area (Å²) < 4.78 is 12.9. The lowest BCUT2D eigenvalue weighted by molar-refractivity contribution is 0.627. The third kappa shape index (κ3) is 3.04. The van der Waals surface area contributed by atoms with Gasteiger partial charge in [-0.25, -0.2) is 4.39 Å². The Morgan fingerprint density at radius 3 is 2.86 bits per heavy atom. The van der Waals surface area contributed by atoms with Gasteiger partial charge in [0.15, 0.2) is 0 Å². The van der Waals surface area contributed by atoms with Crippen molar-refractivity contribution in [2.24, 2.45) is 5.73 Å². The first-order valence-corrected chi connectivity index (χ1v) is 4.41. The molecule has 0 aromatic heterocycles. The number of hydrogen-bond donors (Lipinski definition) is 2. The van der Waals surface area contributed by atoms with Gasteiger partial charge in [-0.1, -0.05) is 0 Å². The second-order valence-electron chi connectivity index (χ2n) is 2.91. The van der Waals surface area contributed by atoms with E-state index >= 15 is 0 Å². The molecule has 0 saturated heterocycles. The summed E-state index contributed by atoms with van der Waals surface area (Å²) >= 11 is 0. The molecule has 74 valence electrons. The van der Waals surface area contributed by atoms with Crippen LogP contribution in [0.25, 0.3) is 0 Å². The van der Waals surface area contributed by atoms with Crippen molar-refractivity contribution in [1.82, 2.24) is 0 Å². The van der Waals surface area contributed by atoms with E-state index in [1.54, 1.807) is 6.07 Å². The van der Waals surface area contributed by atoms with Gasteiger partial charge >= 0.3 is 0 Å². The Morgan fingerprint density at radius 1 is 1.43 bits per heavy atom. The van der Waals surface area contributed by atoms with E-state index < -0.39 is 5.82 Å². The number of benzene rings is 1. The standard InChI is InChI=1S/C10H12FN3/c11-9-4-8(7-13)5-10(6-9)14-3-1-2-12/h4-6,14H,1-3,12H2. The highest BCUT2D eigenvalue weighted by atomic mass is 19.1. The Bertz CT molecular complexity index is 344. The first-order valence-electron chi connectivity index (χ1n) is 4.41. The Labute approximate surface area is 82.3 Å². The number of rotatable bonds is 4. The lowest BCUT2D eigenvalue weighted by Gasteiger charge is -2.05. The molecule has 1 aromatic carbocycles. The summed E-state index contributed by atoms with van der Waals surface area (Å²) in [5.41, 5.74) is 6.25. The third-order valence-corrected chi connectivity index (χ3v) is 1.74. The van der Waals surface area contributed by atoms with Crippen LogP contribution < -0.4 is 11.1 Å². The summed E-state index contributed by atoms with van der Waals surface area (Å²) in [7, 11) is 0. The monoisotopic (exact) mass is 193 g/mol. The molecule has 0 saturated carbocycles. The summed E-state index contributed by atoms with van der Waals surface area (Å²) in [6.45, 7) is 1.28. The van der Waals surface area contributed by atoms with Crippen LogP contribution in [-0.4, -0.2) is 13.1 Å². The number of halogens is 1. The van der Waals surface area contributed by atoms with Crippen LogP contribution in [0.2, 0.25) is 0 Å². The van der Waals surface area contributed by atoms with E-state index in [-0.39, 0.29) is 0 Å². The van der Waals surface area contributed by atoms with Crippen molar-refractivity contribution in [1.29, 1.82) is 5.26 Å². The minimum Gasteiger partial charge on any atom is -0.385 e. The van der Waals surface area contributed by atoms with Crippen LogP contribution in [0.15, 0.2) is 18.2 Å². The average molecular weight is 193 g/mol. The van der Waals surface area contributed by atoms with Crippen molar-refractivity contribution in [3.05, 3.63) is 29.6 Å². The molecule has 1 rings (SSSR count). The zero-order valence-electron chi connectivity index (χ0n) is 7.76. The molecule has 4 heteroatoms. The number of anilines is 1. The van der Waals surface area contributed by atoms with Gasteiger partial charge in [-0.05, 0) is 31.2 Å². The molecule has 3 N–H and O–H groups in total. The van der Waals surface area contributed by atoms with Crippen LogP contribution in [-0.2, 0) is 0 Å². The van der Waals surface area contributed by atoms with Gasteiger partial charge in [0.2, 0.25) is 0 Å². The van der Waals surface area contributed by atoms with Crippen molar-refractivity contribution in [2.75, 3.05) is 18.4 Å². The quantitative estimate of drug-likeness (QED) is 0.711. The van der Waals surface area contributed by atoms with E-state index in [4.69, 9.17) is 11.0 Å². The van der Waals surface area contributed by atoms with Crippen LogP contribution >= 0.6 is 0 Å². The number of hydrogen-bond acceptors (Lipinski definition) is 3. The summed E-state index contributed by atoms with van der Waals surface area (Å²) in [6, 6.07) is 6.07. The predicted molar refractivity (Wildman–Crippen MR) is 53.3 cm³/mol. The van der Waals surface area contributed by atoms with E-state index in [0.29, 0.717) is 24.3 Å². The molecule has 0 bridgehead atoms. The van der Waals surface area contributed by atoms with E-state index in [1.165, 1.54) is 12.1 Å². The van der Waals surface area contributed by atoms with Crippen LogP contribution in [0.4, 0.5) is 10.1 Å². The summed E-state index contributed by atoms with van der Waals surface area (Å²) in [6.07, 6.45) is 0.818. The largest absolute Gasteiger partial charge is 0.385 e. The Kier molecular flexibility index (Phi) is 3.89. The Morgan fingerprint density at radius 2 is 2.21 bits per heavy atom. The van der Waals surface area contributed by atoms with Crippen LogP contribution in [0.1, 0.15) is 12.0 Å². The number of nitriles is 1. The van der Waals surface area contributed by atoms with Gasteiger partial charge < -0.3 is 11.1 Å². The number of nitrogens with one attached hydrogen (secondary N) is 1. The average Bonchev–Trinajstić information content (AvgIpc) is 2.17. The van der Waals surface area contributed by atoms with Crippen molar-refractivity contribution in [3.8, 4) is 6.07 Å². The molecule has 3 nitrogen and oxygen atoms in total. The number of nitrogens with two attached hydrogens (primary N) is 1. The first-order chi connectivity index (χ1) is 6.76. The highest BCUT2D eigenvalue weighted by Crippen LogP contribution is 2.13. The van der Waals surface area contributed by atoms with Gasteiger partial charge in [0.1, 0.15) is 5.82 Å². The molecular weight excluding hydrogens is 181 g/mol. The molecule has 0 aliphatic carbocycles. The van der Waals surface area contributed by atoms with Crippen molar-refractivity contribution in [2.45, 2.75) is 6.42 Å². The molecular formula is C10H12FN3. The zero-order valence-corrected chi connectivity index (χ0v) is 7.76. The maximum absolute atomic E-state index is 12.9. The van der Waals surface area contributed by atoms with Gasteiger partial charge in [-0.3, -0.25) is 0 Å². The lowest BCUT2D eigenvalue weighted by atomic mass is 10.2. The van der Waals surface area contributed by atoms with Gasteiger partial charge in [0.25, 0.3) is 0 Å². The molecule has 0 heterocycles. The number of nitrogens with zero attached hydrogens (tertiary/aromatic N) is 1. The van der Waals surface area contributed by atoms with Crippen molar-refractivity contribution >= 4 is 5.69 Å². The van der Waals surface area contributed by atoms with Crippen LogP contribution in [0.5, 0.6) is 0 Å². The molecule has 0 amide bonds.